The fourth-order valence-corrected chi connectivity index (χ4v) is 6.95. The summed E-state index contributed by atoms with van der Waals surface area (Å²) in [7, 11) is 0. The fourth-order valence-electron chi connectivity index (χ4n) is 6.95. The Hall–Kier alpha value is -6.54. The number of aromatic hydroxyl groups is 4. The summed E-state index contributed by atoms with van der Waals surface area (Å²) >= 11 is 0. The number of benzene rings is 6. The lowest BCUT2D eigenvalue weighted by Crippen LogP contribution is -2.44. The number of hydrogen-bond acceptors (Lipinski definition) is 8. The third-order valence-electron chi connectivity index (χ3n) is 9.55. The van der Waals surface area contributed by atoms with Crippen LogP contribution in [0.1, 0.15) is 45.2 Å². The van der Waals surface area contributed by atoms with E-state index in [-0.39, 0.29) is 11.1 Å². The molecule has 6 aromatic carbocycles. The van der Waals surface area contributed by atoms with Gasteiger partial charge in [-0.05, 0) is 22.3 Å². The van der Waals surface area contributed by atoms with Gasteiger partial charge in [-0.3, -0.25) is 9.59 Å². The highest BCUT2D eigenvalue weighted by atomic mass is 16.3. The number of nitrogens with zero attached hydrogens (tertiary/aromatic N) is 2. The van der Waals surface area contributed by atoms with Gasteiger partial charge in [0.15, 0.2) is 11.6 Å². The number of hydrogen-bond donors (Lipinski definition) is 4. The van der Waals surface area contributed by atoms with E-state index in [0.29, 0.717) is 37.6 Å². The average Bonchev–Trinajstić information content (AvgIpc) is 3.15. The van der Waals surface area contributed by atoms with Crippen molar-refractivity contribution in [2.45, 2.75) is 38.0 Å². The minimum atomic E-state index is -1.46. The highest BCUT2D eigenvalue weighted by Gasteiger charge is 2.54. The summed E-state index contributed by atoms with van der Waals surface area (Å²) in [4.78, 5) is 31.4. The fraction of sp³-hybridized carbons (Fsp3) is 0.136. The molecule has 0 amide bonds. The van der Waals surface area contributed by atoms with Gasteiger partial charge < -0.3 is 30.2 Å². The van der Waals surface area contributed by atoms with Crippen molar-refractivity contribution >= 4 is 22.9 Å². The van der Waals surface area contributed by atoms with Gasteiger partial charge in [-0.2, -0.15) is 0 Å². The number of Topliss-reactive ketones (excluding diaryl/α,β-unsaturated/α-hetero) is 2. The van der Waals surface area contributed by atoms with Crippen LogP contribution in [0.2, 0.25) is 0 Å². The molecule has 0 unspecified atom stereocenters. The molecule has 6 aromatic rings. The van der Waals surface area contributed by atoms with Crippen molar-refractivity contribution in [1.82, 2.24) is 0 Å². The van der Waals surface area contributed by atoms with Crippen molar-refractivity contribution in [2.75, 3.05) is 9.80 Å². The van der Waals surface area contributed by atoms with E-state index in [1.165, 1.54) is 24.3 Å². The first-order valence-electron chi connectivity index (χ1n) is 17.1. The molecule has 8 nitrogen and oxygen atoms in total. The van der Waals surface area contributed by atoms with Crippen LogP contribution in [-0.4, -0.2) is 32.0 Å². The predicted molar refractivity (Wildman–Crippen MR) is 201 cm³/mol. The molecule has 7 rings (SSSR count). The first-order chi connectivity index (χ1) is 25.3. The third-order valence-corrected chi connectivity index (χ3v) is 9.55. The molecule has 260 valence electrons. The summed E-state index contributed by atoms with van der Waals surface area (Å²) in [5, 5.41) is 44.9. The minimum absolute atomic E-state index is 0.193. The van der Waals surface area contributed by atoms with E-state index >= 15 is 0 Å². The normalized spacial score (nSPS) is 15.2. The molecule has 0 atom stereocenters. The third kappa shape index (κ3) is 7.04. The zero-order valence-electron chi connectivity index (χ0n) is 28.3. The van der Waals surface area contributed by atoms with Crippen molar-refractivity contribution in [1.29, 1.82) is 0 Å². The number of rotatable bonds is 12. The Morgan fingerprint density at radius 2 is 0.615 bits per heavy atom. The topological polar surface area (TPSA) is 122 Å². The molecule has 0 aromatic heterocycles. The number of anilines is 2. The van der Waals surface area contributed by atoms with Gasteiger partial charge in [0.1, 0.15) is 34.8 Å². The Morgan fingerprint density at radius 1 is 0.385 bits per heavy atom. The Kier molecular flexibility index (Phi) is 9.62. The molecule has 52 heavy (non-hydrogen) atoms. The van der Waals surface area contributed by atoms with Gasteiger partial charge in [-0.15, -0.1) is 0 Å². The van der Waals surface area contributed by atoms with Gasteiger partial charge in [0.25, 0.3) is 0 Å². The van der Waals surface area contributed by atoms with Crippen LogP contribution in [0.25, 0.3) is 0 Å². The number of carbonyl (C=O) groups excluding carboxylic acids is 2. The van der Waals surface area contributed by atoms with E-state index in [4.69, 9.17) is 0 Å². The van der Waals surface area contributed by atoms with Crippen molar-refractivity contribution in [3.63, 3.8) is 0 Å². The molecule has 0 spiro atoms. The molecular formula is C44H38N2O6. The largest absolute Gasteiger partial charge is 0.507 e. The molecule has 1 saturated carbocycles. The van der Waals surface area contributed by atoms with Crippen molar-refractivity contribution < 1.29 is 30.0 Å². The summed E-state index contributed by atoms with van der Waals surface area (Å²) in [5.41, 5.74) is 4.69. The SMILES string of the molecule is O=C1C(c2c(O)cc(N(Cc3ccccc3)Cc3ccccc3)cc2O)C(=O)C1c1c(O)cc(N(Cc2ccccc2)Cc2ccccc2)cc1O. The van der Waals surface area contributed by atoms with Gasteiger partial charge in [-0.25, -0.2) is 0 Å². The molecule has 1 fully saturated rings. The predicted octanol–water partition coefficient (Wildman–Crippen LogP) is 7.94. The molecule has 0 radical (unpaired) electrons. The minimum Gasteiger partial charge on any atom is -0.507 e. The van der Waals surface area contributed by atoms with Crippen LogP contribution in [-0.2, 0) is 35.8 Å². The standard InChI is InChI=1S/C44H38N2O6/c47-35-21-33(45(25-29-13-5-1-6-14-29)26-30-15-7-2-8-16-30)22-36(48)39(35)41-43(51)42(44(41)52)40-37(49)23-34(24-38(40)50)46(27-31-17-9-3-10-18-31)28-32-19-11-4-12-20-32/h1-24,41-42,47-50H,25-28H2. The lowest BCUT2D eigenvalue weighted by Gasteiger charge is -2.34. The number of phenols is 4. The monoisotopic (exact) mass is 690 g/mol. The van der Waals surface area contributed by atoms with Gasteiger partial charge >= 0.3 is 0 Å². The molecule has 0 heterocycles. The van der Waals surface area contributed by atoms with E-state index in [9.17, 15) is 30.0 Å². The Bertz CT molecular complexity index is 1890. The Morgan fingerprint density at radius 3 is 0.846 bits per heavy atom. The highest BCUT2D eigenvalue weighted by molar-refractivity contribution is 6.32. The molecule has 4 N–H and O–H groups in total. The second-order valence-corrected chi connectivity index (χ2v) is 13.1. The second kappa shape index (κ2) is 14.7. The smallest absolute Gasteiger partial charge is 0.163 e. The van der Waals surface area contributed by atoms with Gasteiger partial charge in [0.05, 0.1) is 11.1 Å². The summed E-state index contributed by atoms with van der Waals surface area (Å²) in [6, 6.07) is 44.9. The van der Waals surface area contributed by atoms with Gasteiger partial charge in [-0.1, -0.05) is 121 Å². The van der Waals surface area contributed by atoms with Crippen LogP contribution in [0.5, 0.6) is 23.0 Å². The lowest BCUT2D eigenvalue weighted by atomic mass is 9.65. The number of ketones is 2. The molecule has 8 heteroatoms. The van der Waals surface area contributed by atoms with E-state index in [0.717, 1.165) is 22.3 Å². The second-order valence-electron chi connectivity index (χ2n) is 13.1. The first-order valence-corrected chi connectivity index (χ1v) is 17.1. The summed E-state index contributed by atoms with van der Waals surface area (Å²) in [5.74, 6) is -5.78. The maximum Gasteiger partial charge on any atom is 0.163 e. The van der Waals surface area contributed by atoms with Crippen molar-refractivity contribution in [3.05, 3.63) is 179 Å². The molecule has 1 aliphatic carbocycles. The Labute approximate surface area is 302 Å². The Balaban J connectivity index is 1.15. The molecule has 0 saturated heterocycles. The summed E-state index contributed by atoms with van der Waals surface area (Å²) in [6.45, 7) is 1.89. The zero-order valence-corrected chi connectivity index (χ0v) is 28.3. The van der Waals surface area contributed by atoms with Crippen LogP contribution in [0.4, 0.5) is 11.4 Å². The van der Waals surface area contributed by atoms with E-state index in [2.05, 4.69) is 0 Å². The summed E-state index contributed by atoms with van der Waals surface area (Å²) < 4.78 is 0. The van der Waals surface area contributed by atoms with Gasteiger partial charge in [0.2, 0.25) is 0 Å². The van der Waals surface area contributed by atoms with Crippen molar-refractivity contribution in [3.8, 4) is 23.0 Å². The van der Waals surface area contributed by atoms with Crippen LogP contribution >= 0.6 is 0 Å². The molecule has 0 aliphatic heterocycles. The van der Waals surface area contributed by atoms with Gasteiger partial charge in [0, 0.05) is 61.8 Å². The average molecular weight is 691 g/mol. The van der Waals surface area contributed by atoms with Crippen LogP contribution in [0.3, 0.4) is 0 Å². The maximum absolute atomic E-state index is 13.7. The van der Waals surface area contributed by atoms with Crippen molar-refractivity contribution in [2.24, 2.45) is 0 Å². The van der Waals surface area contributed by atoms with E-state index in [1.807, 2.05) is 131 Å². The molecular weight excluding hydrogens is 652 g/mol. The molecule has 0 bridgehead atoms. The highest BCUT2D eigenvalue weighted by Crippen LogP contribution is 2.52. The lowest BCUT2D eigenvalue weighted by molar-refractivity contribution is -0.142. The number of phenolic OH excluding ortho intramolecular Hbond substituents is 4. The van der Waals surface area contributed by atoms with E-state index < -0.39 is 46.4 Å². The zero-order chi connectivity index (χ0) is 36.2. The van der Waals surface area contributed by atoms with E-state index in [1.54, 1.807) is 0 Å². The first kappa shape index (κ1) is 33.9. The van der Waals surface area contributed by atoms with Crippen LogP contribution in [0.15, 0.2) is 146 Å². The van der Waals surface area contributed by atoms with Crippen LogP contribution in [0, 0.1) is 0 Å². The van der Waals surface area contributed by atoms with Crippen LogP contribution < -0.4 is 9.80 Å². The number of carbonyl (C=O) groups is 2. The molecule has 1 aliphatic rings. The quantitative estimate of drug-likeness (QED) is 0.0956. The maximum atomic E-state index is 13.7. The summed E-state index contributed by atoms with van der Waals surface area (Å²) in [6.07, 6.45) is 0.